The van der Waals surface area contributed by atoms with Gasteiger partial charge in [0.2, 0.25) is 6.79 Å². The van der Waals surface area contributed by atoms with Crippen molar-refractivity contribution in [3.8, 4) is 46.0 Å². The number of esters is 2. The fourth-order valence-corrected chi connectivity index (χ4v) is 4.63. The van der Waals surface area contributed by atoms with Gasteiger partial charge in [0.05, 0.1) is 19.1 Å². The zero-order valence-corrected chi connectivity index (χ0v) is 30.9. The van der Waals surface area contributed by atoms with Crippen molar-refractivity contribution < 1.29 is 47.5 Å². The summed E-state index contributed by atoms with van der Waals surface area (Å²) < 4.78 is 44.8. The van der Waals surface area contributed by atoms with Crippen LogP contribution in [-0.2, 0) is 19.1 Å². The molecule has 0 fully saturated rings. The predicted octanol–water partition coefficient (Wildman–Crippen LogP) is 9.99. The molecule has 10 nitrogen and oxygen atoms in total. The van der Waals surface area contributed by atoms with Crippen molar-refractivity contribution in [1.29, 1.82) is 0 Å². The number of hydrogen-bond donors (Lipinski definition) is 0. The molecule has 0 aliphatic heterocycles. The van der Waals surface area contributed by atoms with E-state index in [1.165, 1.54) is 0 Å². The van der Waals surface area contributed by atoms with Gasteiger partial charge in [-0.2, -0.15) is 0 Å². The second-order valence-corrected chi connectivity index (χ2v) is 11.7. The molecule has 54 heavy (non-hydrogen) atoms. The molecule has 0 radical (unpaired) electrons. The Labute approximate surface area is 324 Å². The van der Waals surface area contributed by atoms with Gasteiger partial charge >= 0.3 is 11.9 Å². The van der Waals surface area contributed by atoms with E-state index < -0.39 is 12.1 Å². The lowest BCUT2D eigenvalue weighted by atomic mass is 10.3. The number of rotatable bonds is 20. The summed E-state index contributed by atoms with van der Waals surface area (Å²) in [5.74, 6) is 4.85. The Bertz CT molecular complexity index is 1820. The molecule has 0 heterocycles. The summed E-state index contributed by atoms with van der Waals surface area (Å²) >= 11 is 10.9. The lowest BCUT2D eigenvalue weighted by Gasteiger charge is -2.19. The normalized spacial score (nSPS) is 10.7. The van der Waals surface area contributed by atoms with E-state index >= 15 is 0 Å². The maximum atomic E-state index is 12.2. The van der Waals surface area contributed by atoms with Crippen LogP contribution in [0.5, 0.6) is 46.0 Å². The van der Waals surface area contributed by atoms with Gasteiger partial charge in [-0.3, -0.25) is 9.59 Å². The van der Waals surface area contributed by atoms with E-state index in [9.17, 15) is 9.59 Å². The van der Waals surface area contributed by atoms with Crippen LogP contribution < -0.4 is 28.4 Å². The summed E-state index contributed by atoms with van der Waals surface area (Å²) in [7, 11) is 0. The smallest absolute Gasteiger partial charge is 0.311 e. The summed E-state index contributed by atoms with van der Waals surface area (Å²) in [6, 6.07) is 40.6. The highest BCUT2D eigenvalue weighted by atomic mass is 35.5. The standard InChI is InChI=1S/C37H33ClO8.C5H7ClO2/c38-23-22-37(39)46-36(25-40-28-14-18-32(19-15-28)44-30-8-3-1-4-9-30)26-41-34-12-7-13-35(24-34)43-27-42-29-16-20-33(21-17-29)45-31-10-5-2-6-11-31;1-2-8-5(7)3-4-6/h1-21,24,36H,22-23,25-27H2;2H,1,3-4H2. The van der Waals surface area contributed by atoms with E-state index in [4.69, 9.17) is 56.4 Å². The van der Waals surface area contributed by atoms with Crippen molar-refractivity contribution in [2.45, 2.75) is 18.9 Å². The second-order valence-electron chi connectivity index (χ2n) is 10.9. The third-order valence-electron chi connectivity index (χ3n) is 6.84. The van der Waals surface area contributed by atoms with Crippen LogP contribution in [0.25, 0.3) is 0 Å². The molecule has 0 saturated heterocycles. The van der Waals surface area contributed by atoms with Gasteiger partial charge in [0, 0.05) is 17.8 Å². The minimum atomic E-state index is -0.683. The predicted molar refractivity (Wildman–Crippen MR) is 206 cm³/mol. The minimum absolute atomic E-state index is 0.00990. The number of ether oxygens (including phenoxy) is 8. The van der Waals surface area contributed by atoms with Crippen LogP contribution in [-0.4, -0.2) is 49.8 Å². The molecule has 5 aromatic rings. The third-order valence-corrected chi connectivity index (χ3v) is 7.22. The molecule has 0 bridgehead atoms. The zero-order valence-electron chi connectivity index (χ0n) is 29.4. The van der Waals surface area contributed by atoms with Gasteiger partial charge in [0.15, 0.2) is 6.10 Å². The van der Waals surface area contributed by atoms with E-state index in [0.717, 1.165) is 17.8 Å². The fourth-order valence-electron chi connectivity index (χ4n) is 4.32. The molecule has 282 valence electrons. The molecule has 1 atom stereocenters. The third kappa shape index (κ3) is 15.8. The Morgan fingerprint density at radius 3 is 1.44 bits per heavy atom. The lowest BCUT2D eigenvalue weighted by Crippen LogP contribution is -2.31. The van der Waals surface area contributed by atoms with E-state index in [0.29, 0.717) is 40.4 Å². The number of halogens is 2. The van der Waals surface area contributed by atoms with Crippen LogP contribution in [0.1, 0.15) is 12.8 Å². The van der Waals surface area contributed by atoms with E-state index in [-0.39, 0.29) is 44.7 Å². The maximum Gasteiger partial charge on any atom is 0.311 e. The molecule has 0 aromatic heterocycles. The maximum absolute atomic E-state index is 12.2. The minimum Gasteiger partial charge on any atom is -0.490 e. The Morgan fingerprint density at radius 2 is 0.926 bits per heavy atom. The molecular formula is C42H40Cl2O10. The van der Waals surface area contributed by atoms with Crippen LogP contribution in [0.4, 0.5) is 0 Å². The molecular weight excluding hydrogens is 735 g/mol. The van der Waals surface area contributed by atoms with Gasteiger partial charge in [0.25, 0.3) is 0 Å². The highest BCUT2D eigenvalue weighted by molar-refractivity contribution is 6.19. The molecule has 0 aliphatic rings. The fraction of sp³-hybridized carbons (Fsp3) is 0.190. The van der Waals surface area contributed by atoms with E-state index in [2.05, 4.69) is 11.3 Å². The molecule has 0 aliphatic carbocycles. The topological polar surface area (TPSA) is 108 Å². The first-order chi connectivity index (χ1) is 26.4. The van der Waals surface area contributed by atoms with Gasteiger partial charge in [-0.25, -0.2) is 0 Å². The van der Waals surface area contributed by atoms with Crippen LogP contribution >= 0.6 is 23.2 Å². The summed E-state index contributed by atoms with van der Waals surface area (Å²) in [4.78, 5) is 22.5. The Morgan fingerprint density at radius 1 is 0.519 bits per heavy atom. The number of para-hydroxylation sites is 2. The highest BCUT2D eigenvalue weighted by Crippen LogP contribution is 2.26. The Balaban J connectivity index is 0.000000730. The summed E-state index contributed by atoms with van der Waals surface area (Å²) in [5, 5.41) is 0. The molecule has 5 aromatic carbocycles. The van der Waals surface area contributed by atoms with Crippen LogP contribution in [0.2, 0.25) is 0 Å². The Kier molecular flexibility index (Phi) is 17.9. The van der Waals surface area contributed by atoms with Crippen molar-refractivity contribution >= 4 is 35.1 Å². The van der Waals surface area contributed by atoms with Crippen LogP contribution in [0.15, 0.2) is 146 Å². The number of carbonyl (C=O) groups is 2. The molecule has 0 N–H and O–H groups in total. The number of carbonyl (C=O) groups excluding carboxylic acids is 2. The quantitative estimate of drug-likeness (QED) is 0.0328. The number of benzene rings is 5. The Hall–Kier alpha value is -5.84. The molecule has 0 spiro atoms. The molecule has 0 saturated carbocycles. The first kappa shape index (κ1) is 40.9. The van der Waals surface area contributed by atoms with E-state index in [1.54, 1.807) is 48.5 Å². The van der Waals surface area contributed by atoms with Crippen molar-refractivity contribution in [3.63, 3.8) is 0 Å². The largest absolute Gasteiger partial charge is 0.490 e. The highest BCUT2D eigenvalue weighted by Gasteiger charge is 2.17. The van der Waals surface area contributed by atoms with Gasteiger partial charge in [-0.05, 0) is 84.9 Å². The van der Waals surface area contributed by atoms with Gasteiger partial charge < -0.3 is 37.9 Å². The number of hydrogen-bond acceptors (Lipinski definition) is 10. The molecule has 1 unspecified atom stereocenters. The molecule has 12 heteroatoms. The van der Waals surface area contributed by atoms with Gasteiger partial charge in [-0.1, -0.05) is 49.0 Å². The van der Waals surface area contributed by atoms with Crippen molar-refractivity contribution in [2.24, 2.45) is 0 Å². The monoisotopic (exact) mass is 774 g/mol. The zero-order chi connectivity index (χ0) is 38.2. The van der Waals surface area contributed by atoms with Crippen molar-refractivity contribution in [3.05, 3.63) is 146 Å². The number of alkyl halides is 2. The molecule has 5 rings (SSSR count). The van der Waals surface area contributed by atoms with E-state index in [1.807, 2.05) is 84.9 Å². The molecule has 0 amide bonds. The first-order valence-corrected chi connectivity index (χ1v) is 17.9. The summed E-state index contributed by atoms with van der Waals surface area (Å²) in [6.07, 6.45) is 0.732. The lowest BCUT2D eigenvalue weighted by molar-refractivity contribution is -0.151. The van der Waals surface area contributed by atoms with Crippen LogP contribution in [0, 0.1) is 0 Å². The summed E-state index contributed by atoms with van der Waals surface area (Å²) in [6.45, 7) is 3.32. The van der Waals surface area contributed by atoms with Gasteiger partial charge in [-0.15, -0.1) is 23.2 Å². The van der Waals surface area contributed by atoms with Gasteiger partial charge in [0.1, 0.15) is 59.2 Å². The SMILES string of the molecule is C=COC(=O)CCCl.O=C(CCCl)OC(COc1ccc(Oc2ccccc2)cc1)COc1cccc(OCOc2ccc(Oc3ccccc3)cc2)c1. The summed E-state index contributed by atoms with van der Waals surface area (Å²) in [5.41, 5.74) is 0. The average Bonchev–Trinajstić information content (AvgIpc) is 3.19. The first-order valence-electron chi connectivity index (χ1n) is 16.8. The average molecular weight is 776 g/mol. The second kappa shape index (κ2) is 23.7. The van der Waals surface area contributed by atoms with Crippen molar-refractivity contribution in [2.75, 3.05) is 31.8 Å². The van der Waals surface area contributed by atoms with Crippen molar-refractivity contribution in [1.82, 2.24) is 0 Å². The van der Waals surface area contributed by atoms with Crippen LogP contribution in [0.3, 0.4) is 0 Å².